The Morgan fingerprint density at radius 2 is 1.64 bits per heavy atom. The van der Waals surface area contributed by atoms with E-state index < -0.39 is 0 Å². The van der Waals surface area contributed by atoms with Gasteiger partial charge in [-0.3, -0.25) is 4.79 Å². The third kappa shape index (κ3) is 5.95. The molecule has 0 saturated carbocycles. The normalized spacial score (nSPS) is 12.2. The number of hydrogen-bond acceptors (Lipinski definition) is 2. The van der Waals surface area contributed by atoms with Gasteiger partial charge in [0, 0.05) is 17.0 Å². The van der Waals surface area contributed by atoms with Gasteiger partial charge in [-0.05, 0) is 51.3 Å². The van der Waals surface area contributed by atoms with Crippen LogP contribution in [0.4, 0.5) is 5.82 Å². The van der Waals surface area contributed by atoms with Crippen LogP contribution in [-0.4, -0.2) is 15.7 Å². The Labute approximate surface area is 170 Å². The number of hydrogen-bond donors (Lipinski definition) is 1. The van der Waals surface area contributed by atoms with Crippen molar-refractivity contribution < 1.29 is 4.79 Å². The van der Waals surface area contributed by atoms with Crippen molar-refractivity contribution in [2.45, 2.75) is 91.5 Å². The fourth-order valence-corrected chi connectivity index (χ4v) is 3.12. The van der Waals surface area contributed by atoms with Crippen LogP contribution in [0.3, 0.4) is 0 Å². The van der Waals surface area contributed by atoms with Crippen LogP contribution in [0.15, 0.2) is 30.3 Å². The van der Waals surface area contributed by atoms with Gasteiger partial charge in [-0.15, -0.1) is 0 Å². The molecular formula is C24H37N3O. The van der Waals surface area contributed by atoms with Gasteiger partial charge in [0.1, 0.15) is 5.82 Å². The lowest BCUT2D eigenvalue weighted by Crippen LogP contribution is -2.27. The Bertz CT molecular complexity index is 774. The largest absolute Gasteiger partial charge is 0.307 e. The van der Waals surface area contributed by atoms with Crippen LogP contribution in [0.25, 0.3) is 0 Å². The van der Waals surface area contributed by atoms with E-state index in [0.29, 0.717) is 5.56 Å². The van der Waals surface area contributed by atoms with Gasteiger partial charge in [-0.2, -0.15) is 5.10 Å². The third-order valence-corrected chi connectivity index (χ3v) is 4.89. The molecule has 1 aromatic heterocycles. The molecule has 0 radical (unpaired) electrons. The first-order valence-electron chi connectivity index (χ1n) is 10.5. The SMILES string of the molecule is CCCCCCc1ccc(C(=O)Nc2cc(C(C)(C)C)nn2C(C)(C)C)cc1. The highest BCUT2D eigenvalue weighted by molar-refractivity contribution is 6.03. The lowest BCUT2D eigenvalue weighted by atomic mass is 9.92. The fraction of sp³-hybridized carbons (Fsp3) is 0.583. The molecule has 0 unspecified atom stereocenters. The zero-order chi connectivity index (χ0) is 20.9. The van der Waals surface area contributed by atoms with Crippen molar-refractivity contribution in [2.24, 2.45) is 0 Å². The average Bonchev–Trinajstić information content (AvgIpc) is 3.04. The Hall–Kier alpha value is -2.10. The second-order valence-corrected chi connectivity index (χ2v) is 9.71. The first-order chi connectivity index (χ1) is 13.0. The molecule has 0 aliphatic heterocycles. The topological polar surface area (TPSA) is 46.9 Å². The van der Waals surface area contributed by atoms with Gasteiger partial charge in [-0.1, -0.05) is 59.1 Å². The fourth-order valence-electron chi connectivity index (χ4n) is 3.12. The first-order valence-corrected chi connectivity index (χ1v) is 10.5. The van der Waals surface area contributed by atoms with Crippen LogP contribution in [0.5, 0.6) is 0 Å². The molecule has 1 N–H and O–H groups in total. The molecule has 0 spiro atoms. The summed E-state index contributed by atoms with van der Waals surface area (Å²) in [6, 6.07) is 9.98. The summed E-state index contributed by atoms with van der Waals surface area (Å²) in [5, 5.41) is 7.83. The molecule has 4 nitrogen and oxygen atoms in total. The van der Waals surface area contributed by atoms with E-state index in [1.54, 1.807) is 0 Å². The van der Waals surface area contributed by atoms with Gasteiger partial charge >= 0.3 is 0 Å². The van der Waals surface area contributed by atoms with Crippen molar-refractivity contribution >= 4 is 11.7 Å². The molecular weight excluding hydrogens is 346 g/mol. The quantitative estimate of drug-likeness (QED) is 0.569. The Balaban J connectivity index is 2.13. The summed E-state index contributed by atoms with van der Waals surface area (Å²) in [4.78, 5) is 12.8. The standard InChI is InChI=1S/C24H37N3O/c1-8-9-10-11-12-18-13-15-19(16-14-18)22(28)25-21-17-20(23(2,3)4)26-27(21)24(5,6)7/h13-17H,8-12H2,1-7H3,(H,25,28). The number of anilines is 1. The van der Waals surface area contributed by atoms with E-state index in [2.05, 4.69) is 65.9 Å². The van der Waals surface area contributed by atoms with E-state index in [-0.39, 0.29) is 16.9 Å². The van der Waals surface area contributed by atoms with Crippen molar-refractivity contribution in [3.8, 4) is 0 Å². The molecule has 1 amide bonds. The number of nitrogens with zero attached hydrogens (tertiary/aromatic N) is 2. The number of benzene rings is 1. The number of amides is 1. The van der Waals surface area contributed by atoms with Crippen LogP contribution < -0.4 is 5.32 Å². The second-order valence-electron chi connectivity index (χ2n) is 9.71. The number of nitrogens with one attached hydrogen (secondary N) is 1. The molecule has 0 aliphatic carbocycles. The number of aryl methyl sites for hydroxylation is 1. The highest BCUT2D eigenvalue weighted by Gasteiger charge is 2.25. The summed E-state index contributed by atoms with van der Waals surface area (Å²) in [7, 11) is 0. The molecule has 2 rings (SSSR count). The number of rotatable bonds is 7. The molecule has 0 aliphatic rings. The number of carbonyl (C=O) groups is 1. The highest BCUT2D eigenvalue weighted by Crippen LogP contribution is 2.28. The zero-order valence-corrected chi connectivity index (χ0v) is 18.7. The van der Waals surface area contributed by atoms with Gasteiger partial charge in [-0.25, -0.2) is 4.68 Å². The number of aromatic nitrogens is 2. The Morgan fingerprint density at radius 1 is 1.00 bits per heavy atom. The molecule has 28 heavy (non-hydrogen) atoms. The molecule has 0 atom stereocenters. The van der Waals surface area contributed by atoms with Crippen molar-refractivity contribution in [2.75, 3.05) is 5.32 Å². The van der Waals surface area contributed by atoms with E-state index in [1.807, 2.05) is 22.9 Å². The molecule has 0 saturated heterocycles. The van der Waals surface area contributed by atoms with Crippen molar-refractivity contribution in [1.29, 1.82) is 0 Å². The van der Waals surface area contributed by atoms with Gasteiger partial charge in [0.2, 0.25) is 0 Å². The number of unbranched alkanes of at least 4 members (excludes halogenated alkanes) is 3. The van der Waals surface area contributed by atoms with Crippen LogP contribution in [-0.2, 0) is 17.4 Å². The summed E-state index contributed by atoms with van der Waals surface area (Å²) in [5.74, 6) is 0.648. The summed E-state index contributed by atoms with van der Waals surface area (Å²) < 4.78 is 1.91. The summed E-state index contributed by atoms with van der Waals surface area (Å²) in [6.45, 7) is 14.9. The predicted molar refractivity (Wildman–Crippen MR) is 118 cm³/mol. The van der Waals surface area contributed by atoms with Crippen molar-refractivity contribution in [3.05, 3.63) is 47.2 Å². The lowest BCUT2D eigenvalue weighted by Gasteiger charge is -2.23. The van der Waals surface area contributed by atoms with Crippen LogP contribution in [0.2, 0.25) is 0 Å². The monoisotopic (exact) mass is 383 g/mol. The van der Waals surface area contributed by atoms with Gasteiger partial charge in [0.25, 0.3) is 5.91 Å². The Morgan fingerprint density at radius 3 is 2.18 bits per heavy atom. The minimum Gasteiger partial charge on any atom is -0.307 e. The molecule has 2 aromatic rings. The van der Waals surface area contributed by atoms with Crippen molar-refractivity contribution in [1.82, 2.24) is 9.78 Å². The minimum absolute atomic E-state index is 0.0740. The lowest BCUT2D eigenvalue weighted by molar-refractivity contribution is 0.102. The summed E-state index contributed by atoms with van der Waals surface area (Å²) >= 11 is 0. The maximum atomic E-state index is 12.8. The molecule has 1 aromatic carbocycles. The van der Waals surface area contributed by atoms with E-state index >= 15 is 0 Å². The summed E-state index contributed by atoms with van der Waals surface area (Å²) in [6.07, 6.45) is 6.10. The van der Waals surface area contributed by atoms with E-state index in [1.165, 1.54) is 31.2 Å². The smallest absolute Gasteiger partial charge is 0.256 e. The Kier molecular flexibility index (Phi) is 7.08. The molecule has 0 bridgehead atoms. The molecule has 0 fully saturated rings. The van der Waals surface area contributed by atoms with E-state index in [4.69, 9.17) is 5.10 Å². The first kappa shape index (κ1) is 22.2. The van der Waals surface area contributed by atoms with Crippen molar-refractivity contribution in [3.63, 3.8) is 0 Å². The average molecular weight is 384 g/mol. The predicted octanol–water partition coefficient (Wildman–Crippen LogP) is 6.31. The van der Waals surface area contributed by atoms with Crippen LogP contribution >= 0.6 is 0 Å². The van der Waals surface area contributed by atoms with E-state index in [9.17, 15) is 4.79 Å². The maximum Gasteiger partial charge on any atom is 0.256 e. The van der Waals surface area contributed by atoms with Crippen LogP contribution in [0, 0.1) is 0 Å². The number of carbonyl (C=O) groups excluding carboxylic acids is 1. The van der Waals surface area contributed by atoms with Crippen LogP contribution in [0.1, 0.15) is 95.8 Å². The molecule has 154 valence electrons. The summed E-state index contributed by atoms with van der Waals surface area (Å²) in [5.41, 5.74) is 2.66. The van der Waals surface area contributed by atoms with Gasteiger partial charge in [0.05, 0.1) is 11.2 Å². The third-order valence-electron chi connectivity index (χ3n) is 4.89. The molecule has 4 heteroatoms. The second kappa shape index (κ2) is 8.93. The maximum absolute atomic E-state index is 12.8. The van der Waals surface area contributed by atoms with Gasteiger partial charge in [0.15, 0.2) is 0 Å². The van der Waals surface area contributed by atoms with Gasteiger partial charge < -0.3 is 5.32 Å². The van der Waals surface area contributed by atoms with E-state index in [0.717, 1.165) is 17.9 Å². The molecule has 1 heterocycles. The zero-order valence-electron chi connectivity index (χ0n) is 18.7. The highest BCUT2D eigenvalue weighted by atomic mass is 16.1. The minimum atomic E-state index is -0.214.